The third kappa shape index (κ3) is 2.52. The van der Waals surface area contributed by atoms with Gasteiger partial charge in [0.15, 0.2) is 0 Å². The third-order valence-electron chi connectivity index (χ3n) is 3.32. The first-order chi connectivity index (χ1) is 8.57. The summed E-state index contributed by atoms with van der Waals surface area (Å²) in [4.78, 5) is 11.4. The van der Waals surface area contributed by atoms with E-state index in [1.54, 1.807) is 7.11 Å². The fourth-order valence-electron chi connectivity index (χ4n) is 2.20. The minimum Gasteiger partial charge on any atom is -0.496 e. The lowest BCUT2D eigenvalue weighted by atomic mass is 9.81. The summed E-state index contributed by atoms with van der Waals surface area (Å²) in [6.45, 7) is 0.801. The Hall–Kier alpha value is -1.07. The standard InChI is InChI=1S/C13H15BrO4/c1-17-11-3-2-9(6-10(11)14)7-13(12(15)16)4-5-18-8-13/h2-3,6H,4-5,7-8H2,1H3,(H,15,16). The van der Waals surface area contributed by atoms with Crippen molar-refractivity contribution in [1.29, 1.82) is 0 Å². The number of ether oxygens (including phenoxy) is 2. The van der Waals surface area contributed by atoms with Crippen molar-refractivity contribution >= 4 is 21.9 Å². The van der Waals surface area contributed by atoms with E-state index in [0.29, 0.717) is 19.4 Å². The summed E-state index contributed by atoms with van der Waals surface area (Å²) in [5.74, 6) is -0.0438. The van der Waals surface area contributed by atoms with E-state index in [0.717, 1.165) is 15.8 Å². The zero-order valence-electron chi connectivity index (χ0n) is 10.1. The summed E-state index contributed by atoms with van der Waals surface area (Å²) in [7, 11) is 1.60. The van der Waals surface area contributed by atoms with Gasteiger partial charge in [0.05, 0.1) is 23.6 Å². The van der Waals surface area contributed by atoms with Crippen molar-refractivity contribution in [3.8, 4) is 5.75 Å². The second kappa shape index (κ2) is 5.28. The average molecular weight is 315 g/mol. The van der Waals surface area contributed by atoms with Gasteiger partial charge in [0.25, 0.3) is 0 Å². The molecule has 0 saturated carbocycles. The molecule has 18 heavy (non-hydrogen) atoms. The molecule has 1 heterocycles. The first-order valence-electron chi connectivity index (χ1n) is 5.71. The van der Waals surface area contributed by atoms with Gasteiger partial charge >= 0.3 is 5.97 Å². The Morgan fingerprint density at radius 3 is 2.89 bits per heavy atom. The van der Waals surface area contributed by atoms with Crippen LogP contribution in [0.25, 0.3) is 0 Å². The van der Waals surface area contributed by atoms with Gasteiger partial charge in [0.1, 0.15) is 5.75 Å². The Labute approximate surface area is 114 Å². The Balaban J connectivity index is 2.22. The molecule has 4 nitrogen and oxygen atoms in total. The van der Waals surface area contributed by atoms with Crippen molar-refractivity contribution < 1.29 is 19.4 Å². The van der Waals surface area contributed by atoms with Gasteiger partial charge in [-0.1, -0.05) is 6.07 Å². The summed E-state index contributed by atoms with van der Waals surface area (Å²) >= 11 is 3.41. The van der Waals surface area contributed by atoms with Crippen LogP contribution in [0, 0.1) is 5.41 Å². The largest absolute Gasteiger partial charge is 0.496 e. The van der Waals surface area contributed by atoms with Crippen molar-refractivity contribution in [2.24, 2.45) is 5.41 Å². The molecule has 0 spiro atoms. The predicted octanol–water partition coefficient (Wildman–Crippen LogP) is 2.49. The minimum absolute atomic E-state index is 0.284. The molecule has 0 amide bonds. The van der Waals surface area contributed by atoms with Crippen LogP contribution in [0.3, 0.4) is 0 Å². The number of benzene rings is 1. The lowest BCUT2D eigenvalue weighted by Crippen LogP contribution is -2.33. The summed E-state index contributed by atoms with van der Waals surface area (Å²) in [6.07, 6.45) is 1.04. The normalized spacial score (nSPS) is 23.0. The zero-order chi connectivity index (χ0) is 13.2. The zero-order valence-corrected chi connectivity index (χ0v) is 11.7. The third-order valence-corrected chi connectivity index (χ3v) is 3.94. The number of rotatable bonds is 4. The lowest BCUT2D eigenvalue weighted by molar-refractivity contribution is -0.148. The van der Waals surface area contributed by atoms with E-state index in [2.05, 4.69) is 15.9 Å². The Morgan fingerprint density at radius 1 is 1.61 bits per heavy atom. The monoisotopic (exact) mass is 314 g/mol. The molecule has 0 bridgehead atoms. The molecule has 5 heteroatoms. The van der Waals surface area contributed by atoms with Gasteiger partial charge in [-0.2, -0.15) is 0 Å². The van der Waals surface area contributed by atoms with Crippen LogP contribution in [0.15, 0.2) is 22.7 Å². The van der Waals surface area contributed by atoms with Gasteiger partial charge in [-0.3, -0.25) is 4.79 Å². The molecule has 0 aliphatic carbocycles. The van der Waals surface area contributed by atoms with E-state index in [1.165, 1.54) is 0 Å². The SMILES string of the molecule is COc1ccc(CC2(C(=O)O)CCOC2)cc1Br. The van der Waals surface area contributed by atoms with Crippen molar-refractivity contribution in [1.82, 2.24) is 0 Å². The smallest absolute Gasteiger partial charge is 0.312 e. The highest BCUT2D eigenvalue weighted by molar-refractivity contribution is 9.10. The van der Waals surface area contributed by atoms with Crippen LogP contribution in [0.4, 0.5) is 0 Å². The number of aliphatic carboxylic acids is 1. The van der Waals surface area contributed by atoms with Crippen LogP contribution in [0.1, 0.15) is 12.0 Å². The quantitative estimate of drug-likeness (QED) is 0.927. The predicted molar refractivity (Wildman–Crippen MR) is 69.9 cm³/mol. The van der Waals surface area contributed by atoms with Crippen LogP contribution in [-0.2, 0) is 16.0 Å². The van der Waals surface area contributed by atoms with E-state index in [9.17, 15) is 9.90 Å². The first-order valence-corrected chi connectivity index (χ1v) is 6.50. The maximum atomic E-state index is 11.4. The van der Waals surface area contributed by atoms with Crippen molar-refractivity contribution in [2.75, 3.05) is 20.3 Å². The van der Waals surface area contributed by atoms with Gasteiger partial charge in [-0.25, -0.2) is 0 Å². The molecule has 1 aromatic carbocycles. The highest BCUT2D eigenvalue weighted by Crippen LogP contribution is 2.35. The van der Waals surface area contributed by atoms with Crippen LogP contribution in [0.2, 0.25) is 0 Å². The number of carboxylic acids is 1. The van der Waals surface area contributed by atoms with E-state index < -0.39 is 11.4 Å². The molecule has 1 atom stereocenters. The molecular formula is C13H15BrO4. The maximum absolute atomic E-state index is 11.4. The number of methoxy groups -OCH3 is 1. The number of carboxylic acid groups (broad SMARTS) is 1. The summed E-state index contributed by atoms with van der Waals surface area (Å²) < 4.78 is 11.2. The summed E-state index contributed by atoms with van der Waals surface area (Å²) in [6, 6.07) is 5.64. The molecule has 1 fully saturated rings. The molecule has 1 aliphatic rings. The molecule has 0 aromatic heterocycles. The molecule has 1 N–H and O–H groups in total. The maximum Gasteiger partial charge on any atom is 0.312 e. The second-order valence-corrected chi connectivity index (χ2v) is 5.39. The van der Waals surface area contributed by atoms with Crippen molar-refractivity contribution in [3.05, 3.63) is 28.2 Å². The van der Waals surface area contributed by atoms with Crippen LogP contribution < -0.4 is 4.74 Å². The summed E-state index contributed by atoms with van der Waals surface area (Å²) in [5, 5.41) is 9.38. The van der Waals surface area contributed by atoms with Gasteiger partial charge in [-0.05, 0) is 46.5 Å². The fourth-order valence-corrected chi connectivity index (χ4v) is 2.79. The van der Waals surface area contributed by atoms with Crippen LogP contribution in [-0.4, -0.2) is 31.4 Å². The highest BCUT2D eigenvalue weighted by Gasteiger charge is 2.42. The molecule has 0 radical (unpaired) electrons. The minimum atomic E-state index is -0.785. The van der Waals surface area contributed by atoms with E-state index >= 15 is 0 Å². The van der Waals surface area contributed by atoms with Crippen LogP contribution >= 0.6 is 15.9 Å². The fraction of sp³-hybridized carbons (Fsp3) is 0.462. The highest BCUT2D eigenvalue weighted by atomic mass is 79.9. The van der Waals surface area contributed by atoms with E-state index in [1.807, 2.05) is 18.2 Å². The Bertz CT molecular complexity index is 452. The van der Waals surface area contributed by atoms with Gasteiger partial charge < -0.3 is 14.6 Å². The lowest BCUT2D eigenvalue weighted by Gasteiger charge is -2.22. The Kier molecular flexibility index (Phi) is 3.92. The van der Waals surface area contributed by atoms with E-state index in [-0.39, 0.29) is 6.61 Å². The van der Waals surface area contributed by atoms with E-state index in [4.69, 9.17) is 9.47 Å². The number of halogens is 1. The van der Waals surface area contributed by atoms with Crippen molar-refractivity contribution in [3.63, 3.8) is 0 Å². The van der Waals surface area contributed by atoms with Gasteiger partial charge in [0.2, 0.25) is 0 Å². The average Bonchev–Trinajstić information content (AvgIpc) is 2.79. The molecule has 1 unspecified atom stereocenters. The molecule has 98 valence electrons. The first kappa shape index (κ1) is 13.4. The molecule has 1 saturated heterocycles. The molecule has 1 aromatic rings. The topological polar surface area (TPSA) is 55.8 Å². The van der Waals surface area contributed by atoms with Crippen molar-refractivity contribution in [2.45, 2.75) is 12.8 Å². The number of hydrogen-bond acceptors (Lipinski definition) is 3. The van der Waals surface area contributed by atoms with Gasteiger partial charge in [0, 0.05) is 6.61 Å². The second-order valence-electron chi connectivity index (χ2n) is 4.53. The van der Waals surface area contributed by atoms with Gasteiger partial charge in [-0.15, -0.1) is 0 Å². The Morgan fingerprint density at radius 2 is 2.39 bits per heavy atom. The number of carbonyl (C=O) groups is 1. The van der Waals surface area contributed by atoms with Crippen LogP contribution in [0.5, 0.6) is 5.75 Å². The molecule has 1 aliphatic heterocycles. The number of hydrogen-bond donors (Lipinski definition) is 1. The summed E-state index contributed by atoms with van der Waals surface area (Å²) in [5.41, 5.74) is 0.184. The molecule has 2 rings (SSSR count). The molecular weight excluding hydrogens is 300 g/mol.